The molecule has 1 aliphatic rings. The minimum absolute atomic E-state index is 0.0305. The van der Waals surface area contributed by atoms with Crippen molar-refractivity contribution in [2.24, 2.45) is 17.3 Å². The van der Waals surface area contributed by atoms with Gasteiger partial charge in [-0.1, -0.05) is 64.1 Å². The average molecular weight is 699 g/mol. The lowest BCUT2D eigenvalue weighted by atomic mass is 9.81. The van der Waals surface area contributed by atoms with Crippen LogP contribution in [0.1, 0.15) is 70.8 Å². The molecule has 4 N–H and O–H groups in total. The Hall–Kier alpha value is -4.98. The van der Waals surface area contributed by atoms with Crippen LogP contribution in [0.3, 0.4) is 0 Å². The SMILES string of the molecule is CC[C@H](C)[C@H]1OC(=O)C(C)(C)[C@H](O)[C@H](Cc2ccccc2)OC(=O)[C@@H](C(C)C)OC(=O)[C@H](NC(=O)c2cccc(NC=O)c2O)[C@@H](C)OC1=O. The Balaban J connectivity index is 2.12. The third kappa shape index (κ3) is 9.37. The third-order valence-corrected chi connectivity index (χ3v) is 8.68. The molecule has 0 saturated carbocycles. The second kappa shape index (κ2) is 17.1. The Labute approximate surface area is 290 Å². The monoisotopic (exact) mass is 698 g/mol. The Morgan fingerprint density at radius 1 is 0.900 bits per heavy atom. The number of aromatic hydroxyl groups is 1. The number of anilines is 1. The van der Waals surface area contributed by atoms with Gasteiger partial charge in [0.05, 0.1) is 16.7 Å². The smallest absolute Gasteiger partial charge is 0.348 e. The third-order valence-electron chi connectivity index (χ3n) is 8.68. The normalized spacial score (nSPS) is 25.5. The molecule has 3 rings (SSSR count). The molecule has 7 atom stereocenters. The fourth-order valence-corrected chi connectivity index (χ4v) is 5.21. The largest absolute Gasteiger partial charge is 0.505 e. The summed E-state index contributed by atoms with van der Waals surface area (Å²) in [5, 5.41) is 26.9. The van der Waals surface area contributed by atoms with Gasteiger partial charge >= 0.3 is 23.9 Å². The lowest BCUT2D eigenvalue weighted by Gasteiger charge is -2.35. The molecule has 0 aliphatic carbocycles. The molecule has 1 aliphatic heterocycles. The van der Waals surface area contributed by atoms with Gasteiger partial charge in [0, 0.05) is 18.3 Å². The van der Waals surface area contributed by atoms with Crippen molar-refractivity contribution >= 4 is 41.9 Å². The van der Waals surface area contributed by atoms with E-state index < -0.39 is 89.3 Å². The summed E-state index contributed by atoms with van der Waals surface area (Å²) in [5.74, 6) is -7.13. The Bertz CT molecular complexity index is 1540. The maximum absolute atomic E-state index is 13.8. The number of aliphatic hydroxyl groups excluding tert-OH is 1. The molecule has 0 spiro atoms. The van der Waals surface area contributed by atoms with Gasteiger partial charge in [-0.15, -0.1) is 0 Å². The predicted octanol–water partition coefficient (Wildman–Crippen LogP) is 3.07. The molecule has 0 radical (unpaired) electrons. The number of rotatable bonds is 9. The van der Waals surface area contributed by atoms with Crippen LogP contribution in [0.5, 0.6) is 5.75 Å². The van der Waals surface area contributed by atoms with Gasteiger partial charge in [0.15, 0.2) is 11.8 Å². The molecule has 1 fully saturated rings. The van der Waals surface area contributed by atoms with E-state index in [9.17, 15) is 39.0 Å². The Morgan fingerprint density at radius 2 is 1.54 bits per heavy atom. The summed E-state index contributed by atoms with van der Waals surface area (Å²) in [5.41, 5.74) is -1.48. The first kappa shape index (κ1) is 39.5. The number of carbonyl (C=O) groups excluding carboxylic acids is 6. The summed E-state index contributed by atoms with van der Waals surface area (Å²) < 4.78 is 22.7. The highest BCUT2D eigenvalue weighted by molar-refractivity contribution is 6.01. The van der Waals surface area contributed by atoms with Crippen molar-refractivity contribution in [2.45, 2.75) is 97.9 Å². The summed E-state index contributed by atoms with van der Waals surface area (Å²) in [6.07, 6.45) is -6.89. The van der Waals surface area contributed by atoms with Gasteiger partial charge in [-0.2, -0.15) is 0 Å². The molecular weight excluding hydrogens is 652 g/mol. The van der Waals surface area contributed by atoms with Gasteiger partial charge in [0.25, 0.3) is 5.91 Å². The van der Waals surface area contributed by atoms with Crippen LogP contribution in [0.4, 0.5) is 5.69 Å². The molecule has 2 aromatic rings. The van der Waals surface area contributed by atoms with Gasteiger partial charge < -0.3 is 39.8 Å². The zero-order valence-corrected chi connectivity index (χ0v) is 29.2. The van der Waals surface area contributed by atoms with E-state index >= 15 is 0 Å². The molecule has 1 saturated heterocycles. The van der Waals surface area contributed by atoms with Crippen LogP contribution in [0.2, 0.25) is 0 Å². The van der Waals surface area contributed by atoms with Crippen molar-refractivity contribution < 1.29 is 57.9 Å². The van der Waals surface area contributed by atoms with Crippen LogP contribution in [-0.2, 0) is 49.3 Å². The summed E-state index contributed by atoms with van der Waals surface area (Å²) in [6, 6.07) is 10.9. The summed E-state index contributed by atoms with van der Waals surface area (Å²) >= 11 is 0. The highest BCUT2D eigenvalue weighted by Gasteiger charge is 2.47. The van der Waals surface area contributed by atoms with Crippen molar-refractivity contribution in [3.8, 4) is 5.75 Å². The van der Waals surface area contributed by atoms with Crippen molar-refractivity contribution in [1.29, 1.82) is 0 Å². The Morgan fingerprint density at radius 3 is 2.14 bits per heavy atom. The van der Waals surface area contributed by atoms with Crippen LogP contribution in [0, 0.1) is 17.3 Å². The highest BCUT2D eigenvalue weighted by Crippen LogP contribution is 2.32. The fourth-order valence-electron chi connectivity index (χ4n) is 5.21. The van der Waals surface area contributed by atoms with E-state index in [1.807, 2.05) is 0 Å². The second-order valence-electron chi connectivity index (χ2n) is 13.2. The van der Waals surface area contributed by atoms with E-state index in [2.05, 4.69) is 10.6 Å². The van der Waals surface area contributed by atoms with Crippen LogP contribution >= 0.6 is 0 Å². The number of benzene rings is 2. The molecular formula is C36H46N2O12. The summed E-state index contributed by atoms with van der Waals surface area (Å²) in [4.78, 5) is 79.3. The van der Waals surface area contributed by atoms with Crippen LogP contribution in [0.25, 0.3) is 0 Å². The van der Waals surface area contributed by atoms with Gasteiger partial charge in [-0.25, -0.2) is 14.4 Å². The standard InChI is InChI=1S/C36H46N2O12/c1-8-20(4)29-34(45)47-21(5)26(38-31(42)23-15-12-16-24(27(23)40)37-18-39)32(43)49-28(19(2)3)33(44)48-25(17-22-13-10-9-11-14-22)30(41)36(6,7)35(46)50-29/h9-16,18-21,25-26,28-30,40-41H,8,17H2,1-7H3,(H,37,39)(H,38,42)/t20-,21+,25-,26+,28+,29+,30+/m0/s1. The molecule has 2 amide bonds. The van der Waals surface area contributed by atoms with Gasteiger partial charge in [0.2, 0.25) is 18.6 Å². The molecule has 0 aromatic heterocycles. The van der Waals surface area contributed by atoms with Crippen LogP contribution < -0.4 is 10.6 Å². The fraction of sp³-hybridized carbons (Fsp3) is 0.500. The number of amides is 2. The van der Waals surface area contributed by atoms with E-state index in [1.165, 1.54) is 39.0 Å². The molecule has 0 bridgehead atoms. The predicted molar refractivity (Wildman–Crippen MR) is 178 cm³/mol. The van der Waals surface area contributed by atoms with Gasteiger partial charge in [-0.3, -0.25) is 14.4 Å². The van der Waals surface area contributed by atoms with Crippen molar-refractivity contribution in [3.05, 3.63) is 59.7 Å². The number of para-hydroxylation sites is 1. The maximum Gasteiger partial charge on any atom is 0.348 e. The number of carbonyl (C=O) groups is 6. The first-order valence-corrected chi connectivity index (χ1v) is 16.4. The van der Waals surface area contributed by atoms with Crippen molar-refractivity contribution in [3.63, 3.8) is 0 Å². The minimum atomic E-state index is -1.76. The first-order valence-electron chi connectivity index (χ1n) is 16.4. The number of hydrogen-bond donors (Lipinski definition) is 4. The molecule has 14 heteroatoms. The molecule has 1 heterocycles. The quantitative estimate of drug-likeness (QED) is 0.129. The molecule has 2 aromatic carbocycles. The number of aliphatic hydroxyl groups is 1. The van der Waals surface area contributed by atoms with E-state index in [0.717, 1.165) is 0 Å². The summed E-state index contributed by atoms with van der Waals surface area (Å²) in [7, 11) is 0. The zero-order chi connectivity index (χ0) is 37.3. The van der Waals surface area contributed by atoms with Gasteiger partial charge in [-0.05, 0) is 44.9 Å². The lowest BCUT2D eigenvalue weighted by molar-refractivity contribution is -0.190. The first-order chi connectivity index (χ1) is 23.5. The van der Waals surface area contributed by atoms with E-state index in [4.69, 9.17) is 18.9 Å². The molecule has 50 heavy (non-hydrogen) atoms. The zero-order valence-electron chi connectivity index (χ0n) is 29.2. The minimum Gasteiger partial charge on any atom is -0.505 e. The number of hydrogen-bond acceptors (Lipinski definition) is 12. The molecule has 14 nitrogen and oxygen atoms in total. The number of ether oxygens (including phenoxy) is 4. The average Bonchev–Trinajstić information content (AvgIpc) is 3.07. The molecule has 272 valence electrons. The Kier molecular flexibility index (Phi) is 13.5. The van der Waals surface area contributed by atoms with Crippen LogP contribution in [0.15, 0.2) is 48.5 Å². The van der Waals surface area contributed by atoms with Crippen molar-refractivity contribution in [1.82, 2.24) is 5.32 Å². The topological polar surface area (TPSA) is 204 Å². The maximum atomic E-state index is 13.8. The number of esters is 4. The number of nitrogens with one attached hydrogen (secondary N) is 2. The second-order valence-corrected chi connectivity index (χ2v) is 13.2. The van der Waals surface area contributed by atoms with Crippen LogP contribution in [-0.4, -0.2) is 83.0 Å². The summed E-state index contributed by atoms with van der Waals surface area (Å²) in [6.45, 7) is 10.6. The lowest BCUT2D eigenvalue weighted by Crippen LogP contribution is -2.52. The van der Waals surface area contributed by atoms with Crippen molar-refractivity contribution in [2.75, 3.05) is 5.32 Å². The van der Waals surface area contributed by atoms with E-state index in [0.29, 0.717) is 18.4 Å². The number of phenolic OH excluding ortho intramolecular Hbond substituents is 1. The van der Waals surface area contributed by atoms with Gasteiger partial charge in [0.1, 0.15) is 18.3 Å². The molecule has 0 unspecified atom stereocenters. The number of cyclic esters (lactones) is 4. The van der Waals surface area contributed by atoms with E-state index in [1.54, 1.807) is 58.0 Å². The highest BCUT2D eigenvalue weighted by atomic mass is 16.6. The number of phenols is 1. The van der Waals surface area contributed by atoms with E-state index in [-0.39, 0.29) is 17.7 Å².